The number of aromatic nitrogens is 2. The van der Waals surface area contributed by atoms with Gasteiger partial charge in [-0.1, -0.05) is 28.9 Å². The molecule has 3 aromatic rings. The van der Waals surface area contributed by atoms with E-state index in [4.69, 9.17) is 21.9 Å². The first kappa shape index (κ1) is 12.6. The SMILES string of the molecule is Nc1ccc(-c2nc(-c3cccc(Cl)c3)no2)cc1F. The van der Waals surface area contributed by atoms with Gasteiger partial charge < -0.3 is 10.3 Å². The van der Waals surface area contributed by atoms with Gasteiger partial charge in [-0.3, -0.25) is 0 Å². The Hall–Kier alpha value is -2.40. The number of benzene rings is 2. The number of hydrogen-bond acceptors (Lipinski definition) is 4. The lowest BCUT2D eigenvalue weighted by Gasteiger charge is -1.97. The quantitative estimate of drug-likeness (QED) is 0.729. The van der Waals surface area contributed by atoms with E-state index in [-0.39, 0.29) is 11.6 Å². The van der Waals surface area contributed by atoms with Gasteiger partial charge in [0.2, 0.25) is 5.82 Å². The largest absolute Gasteiger partial charge is 0.396 e. The number of nitrogens with two attached hydrogens (primary N) is 1. The molecule has 4 nitrogen and oxygen atoms in total. The van der Waals surface area contributed by atoms with Gasteiger partial charge in [0.05, 0.1) is 5.69 Å². The summed E-state index contributed by atoms with van der Waals surface area (Å²) in [7, 11) is 0. The fourth-order valence-electron chi connectivity index (χ4n) is 1.75. The van der Waals surface area contributed by atoms with Crippen molar-refractivity contribution >= 4 is 17.3 Å². The van der Waals surface area contributed by atoms with Gasteiger partial charge >= 0.3 is 0 Å². The summed E-state index contributed by atoms with van der Waals surface area (Å²) in [6.45, 7) is 0. The third kappa shape index (κ3) is 2.35. The smallest absolute Gasteiger partial charge is 0.258 e. The minimum Gasteiger partial charge on any atom is -0.396 e. The van der Waals surface area contributed by atoms with Gasteiger partial charge in [-0.2, -0.15) is 4.98 Å². The van der Waals surface area contributed by atoms with Crippen molar-refractivity contribution < 1.29 is 8.91 Å². The van der Waals surface area contributed by atoms with Crippen molar-refractivity contribution in [3.05, 3.63) is 53.3 Å². The zero-order chi connectivity index (χ0) is 14.1. The van der Waals surface area contributed by atoms with E-state index in [1.807, 2.05) is 6.07 Å². The molecule has 6 heteroatoms. The van der Waals surface area contributed by atoms with Crippen LogP contribution in [0.3, 0.4) is 0 Å². The Balaban J connectivity index is 1.99. The van der Waals surface area contributed by atoms with Crippen LogP contribution in [0.25, 0.3) is 22.8 Å². The summed E-state index contributed by atoms with van der Waals surface area (Å²) < 4.78 is 18.5. The van der Waals surface area contributed by atoms with Crippen molar-refractivity contribution in [2.45, 2.75) is 0 Å². The fraction of sp³-hybridized carbons (Fsp3) is 0. The topological polar surface area (TPSA) is 64.9 Å². The van der Waals surface area contributed by atoms with Crippen LogP contribution in [0.1, 0.15) is 0 Å². The van der Waals surface area contributed by atoms with Gasteiger partial charge in [-0.15, -0.1) is 0 Å². The molecule has 0 amide bonds. The maximum Gasteiger partial charge on any atom is 0.258 e. The Kier molecular flexibility index (Phi) is 3.12. The lowest BCUT2D eigenvalue weighted by molar-refractivity contribution is 0.432. The van der Waals surface area contributed by atoms with Crippen LogP contribution in [-0.4, -0.2) is 10.1 Å². The molecule has 0 unspecified atom stereocenters. The first-order valence-corrected chi connectivity index (χ1v) is 6.16. The number of anilines is 1. The van der Waals surface area contributed by atoms with E-state index in [0.29, 0.717) is 16.4 Å². The zero-order valence-corrected chi connectivity index (χ0v) is 10.9. The molecule has 0 spiro atoms. The van der Waals surface area contributed by atoms with Crippen LogP contribution in [0.5, 0.6) is 0 Å². The predicted octanol–water partition coefficient (Wildman–Crippen LogP) is 3.78. The lowest BCUT2D eigenvalue weighted by Crippen LogP contribution is -1.90. The first-order chi connectivity index (χ1) is 9.63. The van der Waals surface area contributed by atoms with E-state index in [1.54, 1.807) is 24.3 Å². The summed E-state index contributed by atoms with van der Waals surface area (Å²) in [5, 5.41) is 4.43. The van der Waals surface area contributed by atoms with Crippen LogP contribution in [0, 0.1) is 5.82 Å². The first-order valence-electron chi connectivity index (χ1n) is 5.78. The molecule has 1 heterocycles. The maximum atomic E-state index is 13.4. The summed E-state index contributed by atoms with van der Waals surface area (Å²) in [5.74, 6) is 0.0867. The molecule has 0 saturated heterocycles. The third-order valence-corrected chi connectivity index (χ3v) is 2.99. The number of hydrogen-bond donors (Lipinski definition) is 1. The highest BCUT2D eigenvalue weighted by atomic mass is 35.5. The maximum absolute atomic E-state index is 13.4. The van der Waals surface area contributed by atoms with Gasteiger partial charge in [0, 0.05) is 16.1 Å². The van der Waals surface area contributed by atoms with Crippen LogP contribution in [-0.2, 0) is 0 Å². The summed E-state index contributed by atoms with van der Waals surface area (Å²) in [5.41, 5.74) is 6.69. The van der Waals surface area contributed by atoms with E-state index < -0.39 is 5.82 Å². The molecule has 1 aromatic heterocycles. The molecule has 2 aromatic carbocycles. The highest BCUT2D eigenvalue weighted by Crippen LogP contribution is 2.25. The minimum absolute atomic E-state index is 0.0725. The number of nitrogen functional groups attached to an aromatic ring is 1. The molecule has 0 saturated carbocycles. The lowest BCUT2D eigenvalue weighted by atomic mass is 10.2. The van der Waals surface area contributed by atoms with E-state index in [2.05, 4.69) is 10.1 Å². The van der Waals surface area contributed by atoms with Crippen molar-refractivity contribution in [1.29, 1.82) is 0 Å². The molecule has 0 aliphatic rings. The highest BCUT2D eigenvalue weighted by molar-refractivity contribution is 6.30. The van der Waals surface area contributed by atoms with Crippen molar-refractivity contribution in [3.63, 3.8) is 0 Å². The van der Waals surface area contributed by atoms with Crippen LogP contribution in [0.2, 0.25) is 5.02 Å². The molecule has 0 fully saturated rings. The molecular weight excluding hydrogens is 281 g/mol. The predicted molar refractivity (Wildman–Crippen MR) is 74.6 cm³/mol. The Morgan fingerprint density at radius 1 is 1.10 bits per heavy atom. The van der Waals surface area contributed by atoms with Gasteiger partial charge in [0.25, 0.3) is 5.89 Å². The molecule has 3 rings (SSSR count). The van der Waals surface area contributed by atoms with Crippen molar-refractivity contribution in [2.24, 2.45) is 0 Å². The van der Waals surface area contributed by atoms with Crippen LogP contribution in [0.4, 0.5) is 10.1 Å². The summed E-state index contributed by atoms with van der Waals surface area (Å²) >= 11 is 5.91. The molecule has 0 bridgehead atoms. The number of nitrogens with zero attached hydrogens (tertiary/aromatic N) is 2. The molecular formula is C14H9ClFN3O. The van der Waals surface area contributed by atoms with Crippen LogP contribution >= 0.6 is 11.6 Å². The normalized spacial score (nSPS) is 10.7. The Morgan fingerprint density at radius 3 is 2.70 bits per heavy atom. The van der Waals surface area contributed by atoms with Gasteiger partial charge in [-0.25, -0.2) is 4.39 Å². The van der Waals surface area contributed by atoms with E-state index >= 15 is 0 Å². The van der Waals surface area contributed by atoms with Crippen molar-refractivity contribution in [3.8, 4) is 22.8 Å². The van der Waals surface area contributed by atoms with E-state index in [1.165, 1.54) is 12.1 Å². The fourth-order valence-corrected chi connectivity index (χ4v) is 1.94. The second kappa shape index (κ2) is 4.94. The molecule has 0 aliphatic carbocycles. The molecule has 100 valence electrons. The average molecular weight is 290 g/mol. The summed E-state index contributed by atoms with van der Waals surface area (Å²) in [4.78, 5) is 4.22. The second-order valence-electron chi connectivity index (χ2n) is 4.17. The summed E-state index contributed by atoms with van der Waals surface area (Å²) in [6.07, 6.45) is 0. The van der Waals surface area contributed by atoms with Gasteiger partial charge in [0.1, 0.15) is 5.82 Å². The zero-order valence-electron chi connectivity index (χ0n) is 10.2. The van der Waals surface area contributed by atoms with E-state index in [0.717, 1.165) is 5.56 Å². The number of halogens is 2. The molecule has 0 radical (unpaired) electrons. The minimum atomic E-state index is -0.523. The summed E-state index contributed by atoms with van der Waals surface area (Å²) in [6, 6.07) is 11.4. The standard InChI is InChI=1S/C14H9ClFN3O/c15-10-3-1-2-8(6-10)13-18-14(20-19-13)9-4-5-12(17)11(16)7-9/h1-7H,17H2. The van der Waals surface area contributed by atoms with Gasteiger partial charge in [0.15, 0.2) is 0 Å². The monoisotopic (exact) mass is 289 g/mol. The average Bonchev–Trinajstić information content (AvgIpc) is 2.92. The Bertz CT molecular complexity index is 773. The second-order valence-corrected chi connectivity index (χ2v) is 4.61. The highest BCUT2D eigenvalue weighted by Gasteiger charge is 2.12. The molecule has 2 N–H and O–H groups in total. The van der Waals surface area contributed by atoms with Crippen molar-refractivity contribution in [2.75, 3.05) is 5.73 Å². The molecule has 20 heavy (non-hydrogen) atoms. The Morgan fingerprint density at radius 2 is 1.95 bits per heavy atom. The van der Waals surface area contributed by atoms with Crippen molar-refractivity contribution in [1.82, 2.24) is 10.1 Å². The Labute approximate surface area is 119 Å². The molecule has 0 aliphatic heterocycles. The van der Waals surface area contributed by atoms with E-state index in [9.17, 15) is 4.39 Å². The third-order valence-electron chi connectivity index (χ3n) is 2.76. The molecule has 0 atom stereocenters. The number of rotatable bonds is 2. The van der Waals surface area contributed by atoms with Crippen LogP contribution in [0.15, 0.2) is 47.0 Å². The van der Waals surface area contributed by atoms with Crippen LogP contribution < -0.4 is 5.73 Å². The van der Waals surface area contributed by atoms with Gasteiger partial charge in [-0.05, 0) is 30.3 Å².